The van der Waals surface area contributed by atoms with Gasteiger partial charge >= 0.3 is 0 Å². The Balaban J connectivity index is 0.000000108. The van der Waals surface area contributed by atoms with Crippen molar-refractivity contribution in [2.45, 2.75) is 0 Å². The van der Waals surface area contributed by atoms with Crippen LogP contribution in [0.2, 0.25) is 0 Å². The first-order valence-corrected chi connectivity index (χ1v) is 59.1. The molecule has 0 amide bonds. The van der Waals surface area contributed by atoms with E-state index in [2.05, 4.69) is 396 Å². The molecule has 0 fully saturated rings. The summed E-state index contributed by atoms with van der Waals surface area (Å²) in [7, 11) is -8.41. The lowest BCUT2D eigenvalue weighted by atomic mass is 9.85. The number of pyridine rings is 2. The van der Waals surface area contributed by atoms with Crippen LogP contribution in [0.15, 0.2) is 534 Å². The van der Waals surface area contributed by atoms with Crippen LogP contribution in [-0.2, 0) is 13.7 Å². The summed E-state index contributed by atoms with van der Waals surface area (Å²) in [5.41, 5.74) is 18.2. The van der Waals surface area contributed by atoms with Gasteiger partial charge < -0.3 is 13.7 Å². The first-order valence-electron chi connectivity index (χ1n) is 50.2. The van der Waals surface area contributed by atoms with Crippen LogP contribution < -0.4 is 42.4 Å². The summed E-state index contributed by atoms with van der Waals surface area (Å²) in [6.45, 7) is 6.87. The molecule has 5 nitrogen and oxygen atoms in total. The zero-order valence-corrected chi connectivity index (χ0v) is 86.0. The van der Waals surface area contributed by atoms with Crippen molar-refractivity contribution >= 4 is 218 Å². The van der Waals surface area contributed by atoms with Crippen LogP contribution in [-0.4, -0.2) is 42.9 Å². The molecule has 27 aromatic rings. The first-order chi connectivity index (χ1) is 72.4. The molecule has 0 saturated heterocycles. The predicted octanol–water partition coefficient (Wildman–Crippen LogP) is 34.4. The Hall–Kier alpha value is -16.8. The lowest BCUT2D eigenvalue weighted by Crippen LogP contribution is -2.25. The van der Waals surface area contributed by atoms with E-state index in [0.29, 0.717) is 0 Å². The number of nitrogens with zero attached hydrogens (tertiary/aromatic N) is 2. The van der Waals surface area contributed by atoms with Gasteiger partial charge in [-0.05, 0) is 187 Å². The third kappa shape index (κ3) is 17.4. The van der Waals surface area contributed by atoms with Crippen LogP contribution in [0.5, 0.6) is 0 Å². The third-order valence-electron chi connectivity index (χ3n) is 29.2. The fourth-order valence-corrected chi connectivity index (χ4v) is 29.1. The molecule has 25 aromatic carbocycles. The summed E-state index contributed by atoms with van der Waals surface area (Å²) in [6, 6.07) is 186. The maximum Gasteiger partial charge on any atom is 0.171 e. The molecule has 0 atom stereocenters. The third-order valence-corrected chi connectivity index (χ3v) is 38.6. The summed E-state index contributed by atoms with van der Waals surface area (Å²) in [5, 5.41) is 33.6. The number of rotatable bonds is 14. The van der Waals surface area contributed by atoms with Crippen molar-refractivity contribution in [3.05, 3.63) is 534 Å². The Morgan fingerprint density at radius 3 is 0.791 bits per heavy atom. The van der Waals surface area contributed by atoms with Crippen molar-refractivity contribution in [2.24, 2.45) is 0 Å². The molecule has 0 unspecified atom stereocenters. The fourth-order valence-electron chi connectivity index (χ4n) is 21.9. The minimum atomic E-state index is -3.14. The maximum absolute atomic E-state index is 15.3. The largest absolute Gasteiger partial charge is 0.319 e. The summed E-state index contributed by atoms with van der Waals surface area (Å²) in [6.07, 6.45) is 4.42. The molecule has 0 radical (unpaired) electrons. The van der Waals surface area contributed by atoms with Gasteiger partial charge in [0.25, 0.3) is 0 Å². The van der Waals surface area contributed by atoms with Crippen molar-refractivity contribution in [2.75, 3.05) is 26.7 Å². The summed E-state index contributed by atoms with van der Waals surface area (Å²) >= 11 is 0. The van der Waals surface area contributed by atoms with Gasteiger partial charge in [-0.25, -0.2) is 9.97 Å². The maximum atomic E-state index is 15.3. The summed E-state index contributed by atoms with van der Waals surface area (Å²) in [4.78, 5) is 10.7. The van der Waals surface area contributed by atoms with Crippen molar-refractivity contribution < 1.29 is 13.7 Å². The van der Waals surface area contributed by atoms with Crippen molar-refractivity contribution in [1.82, 2.24) is 9.97 Å². The van der Waals surface area contributed by atoms with E-state index < -0.39 is 28.3 Å². The molecular formula is C139H102N2O3P4. The van der Waals surface area contributed by atoms with Gasteiger partial charge in [0.15, 0.2) is 14.3 Å². The number of hydrogen-bond acceptors (Lipinski definition) is 5. The van der Waals surface area contributed by atoms with E-state index in [9.17, 15) is 9.13 Å². The average Bonchev–Trinajstić information content (AvgIpc) is 0.748. The minimum Gasteiger partial charge on any atom is -0.319 e. The lowest BCUT2D eigenvalue weighted by molar-refractivity contribution is 0.588. The van der Waals surface area contributed by atoms with E-state index in [1.807, 2.05) is 171 Å². The molecule has 0 saturated carbocycles. The van der Waals surface area contributed by atoms with Gasteiger partial charge in [-0.1, -0.05) is 523 Å². The molecule has 2 aromatic heterocycles. The van der Waals surface area contributed by atoms with Gasteiger partial charge in [0.2, 0.25) is 0 Å². The molecule has 27 rings (SSSR count). The Bertz CT molecular complexity index is 9710. The Labute approximate surface area is 862 Å². The van der Waals surface area contributed by atoms with Crippen LogP contribution in [0.25, 0.3) is 207 Å². The van der Waals surface area contributed by atoms with Gasteiger partial charge in [-0.2, -0.15) is 0 Å². The van der Waals surface area contributed by atoms with E-state index in [0.717, 1.165) is 141 Å². The second-order valence-corrected chi connectivity index (χ2v) is 51.8. The molecule has 0 bridgehead atoms. The van der Waals surface area contributed by atoms with Gasteiger partial charge in [0, 0.05) is 91.3 Å². The summed E-state index contributed by atoms with van der Waals surface area (Å²) < 4.78 is 42.5. The standard InChI is InChI=1S/C45H30NOP.C39H26NOP.C33H27P.C22H19OP/c47-48(36-16-3-1-4-17-36,37-18-5-2-6-19-37)38-26-22-31(23-27-38)34-14-11-15-35(30-34)43-41-28-24-32-12-7-9-20-39(32)44(41)46-45-40-21-10-8-13-33(40)25-29-42(43)45;41-42(30-15-3-1-4-16-30,31-17-5-2-6-18-31)32-19-11-14-29(26-32)37-35-24-22-27-12-7-9-20-33(27)38(35)40-39-34-21-10-8-13-28(34)23-25-36(37)39;1-34(2,3)27-20-18-24(19-21-27)32-28-12-6-8-14-30(28)33(31-15-9-7-13-29(31)32)26-17-16-23-10-4-5-11-25(23)22-26;1-24(2,23)19-13-11-16(12-14-19)22-20-9-5-3-7-17(20)15-18-8-4-6-10-21(18)22/h1-30H;1-26H;4-22H,1H2,2-3H3;3-15H,1-2H3. The van der Waals surface area contributed by atoms with Gasteiger partial charge in [0.05, 0.1) is 22.1 Å². The van der Waals surface area contributed by atoms with Crippen LogP contribution in [0.4, 0.5) is 0 Å². The highest BCUT2D eigenvalue weighted by molar-refractivity contribution is 7.85. The van der Waals surface area contributed by atoms with E-state index in [1.165, 1.54) is 109 Å². The molecular weight excluding hydrogens is 1870 g/mol. The molecule has 0 aliphatic carbocycles. The topological polar surface area (TPSA) is 77.0 Å². The molecule has 0 spiro atoms. The van der Waals surface area contributed by atoms with Crippen LogP contribution >= 0.6 is 28.3 Å². The van der Waals surface area contributed by atoms with E-state index in [1.54, 1.807) is 0 Å². The highest BCUT2D eigenvalue weighted by atomic mass is 31.2. The first kappa shape index (κ1) is 93.5. The normalized spacial score (nSPS) is 11.9. The lowest BCUT2D eigenvalue weighted by Gasteiger charge is -2.21. The van der Waals surface area contributed by atoms with Crippen LogP contribution in [0.1, 0.15) is 0 Å². The van der Waals surface area contributed by atoms with E-state index in [-0.39, 0.29) is 0 Å². The fraction of sp³-hybridized carbons (Fsp3) is 0.0288. The number of benzene rings is 25. The van der Waals surface area contributed by atoms with Gasteiger partial charge in [-0.3, -0.25) is 0 Å². The van der Waals surface area contributed by atoms with Gasteiger partial charge in [0.1, 0.15) is 7.14 Å². The second-order valence-electron chi connectivity index (χ2n) is 39.2. The highest BCUT2D eigenvalue weighted by Crippen LogP contribution is 2.51. The summed E-state index contributed by atoms with van der Waals surface area (Å²) in [5.74, 6) is 0. The molecule has 0 aliphatic heterocycles. The molecule has 0 N–H and O–H groups in total. The van der Waals surface area contributed by atoms with Gasteiger partial charge in [-0.15, -0.1) is 0 Å². The average molecular weight is 1970 g/mol. The van der Waals surface area contributed by atoms with E-state index >= 15 is 4.57 Å². The van der Waals surface area contributed by atoms with Crippen molar-refractivity contribution in [1.29, 1.82) is 0 Å². The van der Waals surface area contributed by atoms with Crippen LogP contribution in [0, 0.1) is 0 Å². The zero-order valence-electron chi connectivity index (χ0n) is 82.4. The number of aromatic nitrogens is 2. The Morgan fingerprint density at radius 2 is 0.405 bits per heavy atom. The molecule has 9 heteroatoms. The minimum absolute atomic E-state index is 0.817. The number of fused-ring (bicyclic) bond motifs is 17. The monoisotopic (exact) mass is 1970 g/mol. The zero-order chi connectivity index (χ0) is 100. The van der Waals surface area contributed by atoms with Crippen molar-refractivity contribution in [3.8, 4) is 66.8 Å². The molecule has 0 aliphatic rings. The Kier molecular flexibility index (Phi) is 24.8. The molecule has 148 heavy (non-hydrogen) atoms. The number of hydrogen-bond donors (Lipinski definition) is 0. The van der Waals surface area contributed by atoms with Crippen molar-refractivity contribution in [3.63, 3.8) is 0 Å². The Morgan fingerprint density at radius 1 is 0.155 bits per heavy atom. The quantitative estimate of drug-likeness (QED) is 0.0616. The second kappa shape index (κ2) is 39.3. The SMILES string of the molecule is C=P(C)(C)c1ccc(-c2c3ccccc3c(-c3ccc4ccccc4c3)c3ccccc23)cc1.CP(C)(=O)c1ccc(-c2c3ccccc3cc3ccccc23)cc1.O=P(c1ccccc1)(c1ccccc1)c1ccc(-c2cccc(-c3c4ccc5ccccc5c4nc4c3ccc3ccccc34)c2)cc1.O=P(c1ccccc1)(c1ccccc1)c1cccc(-c2c3ccc4ccccc4c3nc3c2ccc2ccccc23)c1. The van der Waals surface area contributed by atoms with Crippen LogP contribution in [0.3, 0.4) is 0 Å². The van der Waals surface area contributed by atoms with E-state index in [4.69, 9.17) is 9.97 Å². The smallest absolute Gasteiger partial charge is 0.171 e. The predicted molar refractivity (Wildman–Crippen MR) is 645 cm³/mol. The molecule has 2 heterocycles. The highest BCUT2D eigenvalue weighted by Gasteiger charge is 2.33. The molecule has 706 valence electrons.